The fourth-order valence-corrected chi connectivity index (χ4v) is 3.12. The number of aliphatic hydroxyl groups excluding tert-OH is 2. The third-order valence-electron chi connectivity index (χ3n) is 4.90. The lowest BCUT2D eigenvalue weighted by Gasteiger charge is -2.21. The fraction of sp³-hybridized carbons (Fsp3) is 0.227. The van der Waals surface area contributed by atoms with Gasteiger partial charge < -0.3 is 29.6 Å². The number of furan rings is 1. The standard InChI is InChI=1S/C22H20N4O5/c1-2-29-17-5-4-14(8-16(17)10-23)21-25-20(26-31-21)13-3-6-18-15(7-13)9-19(30-18)22(24,11-27)12-28/h3-9,27-28H,2,11-12,24H2,1H3. The second-order valence-corrected chi connectivity index (χ2v) is 7.01. The Morgan fingerprint density at radius 3 is 2.61 bits per heavy atom. The molecule has 9 heteroatoms. The molecule has 0 saturated heterocycles. The lowest BCUT2D eigenvalue weighted by Crippen LogP contribution is -2.43. The number of hydrogen-bond acceptors (Lipinski definition) is 9. The number of nitrogens with two attached hydrogens (primary N) is 1. The van der Waals surface area contributed by atoms with E-state index in [1.165, 1.54) is 0 Å². The normalized spacial score (nSPS) is 11.6. The van der Waals surface area contributed by atoms with Crippen molar-refractivity contribution in [2.24, 2.45) is 5.73 Å². The number of nitriles is 1. The maximum atomic E-state index is 9.49. The molecule has 31 heavy (non-hydrogen) atoms. The number of ether oxygens (including phenoxy) is 1. The first-order valence-corrected chi connectivity index (χ1v) is 9.57. The van der Waals surface area contributed by atoms with Gasteiger partial charge in [-0.1, -0.05) is 5.16 Å². The number of benzene rings is 2. The van der Waals surface area contributed by atoms with Crippen molar-refractivity contribution in [2.75, 3.05) is 19.8 Å². The zero-order valence-electron chi connectivity index (χ0n) is 16.7. The summed E-state index contributed by atoms with van der Waals surface area (Å²) in [7, 11) is 0. The topological polar surface area (TPSA) is 152 Å². The molecule has 0 unspecified atom stereocenters. The van der Waals surface area contributed by atoms with Gasteiger partial charge in [-0.05, 0) is 49.4 Å². The Hall–Kier alpha value is -3.71. The van der Waals surface area contributed by atoms with Crippen LogP contribution in [-0.2, 0) is 5.54 Å². The highest BCUT2D eigenvalue weighted by molar-refractivity contribution is 5.83. The molecule has 0 aliphatic carbocycles. The highest BCUT2D eigenvalue weighted by Gasteiger charge is 2.30. The van der Waals surface area contributed by atoms with E-state index in [-0.39, 0.29) is 11.7 Å². The molecular formula is C22H20N4O5. The molecule has 2 aromatic heterocycles. The second-order valence-electron chi connectivity index (χ2n) is 7.01. The molecule has 0 saturated carbocycles. The van der Waals surface area contributed by atoms with Crippen LogP contribution in [0.3, 0.4) is 0 Å². The van der Waals surface area contributed by atoms with Crippen LogP contribution in [0.1, 0.15) is 18.2 Å². The molecule has 0 aliphatic heterocycles. The Bertz CT molecular complexity index is 1270. The second kappa shape index (κ2) is 8.20. The van der Waals surface area contributed by atoms with Gasteiger partial charge in [0.05, 0.1) is 25.4 Å². The first kappa shape index (κ1) is 20.6. The molecule has 4 N–H and O–H groups in total. The van der Waals surface area contributed by atoms with E-state index in [1.807, 2.05) is 6.92 Å². The average Bonchev–Trinajstić information content (AvgIpc) is 3.46. The summed E-state index contributed by atoms with van der Waals surface area (Å²) in [6, 6.07) is 14.1. The van der Waals surface area contributed by atoms with Crippen molar-refractivity contribution in [1.29, 1.82) is 5.26 Å². The molecule has 4 rings (SSSR count). The van der Waals surface area contributed by atoms with Gasteiger partial charge in [-0.2, -0.15) is 10.2 Å². The molecule has 9 nitrogen and oxygen atoms in total. The summed E-state index contributed by atoms with van der Waals surface area (Å²) in [5.74, 6) is 1.40. The van der Waals surface area contributed by atoms with E-state index in [9.17, 15) is 15.5 Å². The van der Waals surface area contributed by atoms with Gasteiger partial charge in [-0.15, -0.1) is 0 Å². The lowest BCUT2D eigenvalue weighted by atomic mass is 10.00. The molecule has 0 spiro atoms. The van der Waals surface area contributed by atoms with E-state index >= 15 is 0 Å². The van der Waals surface area contributed by atoms with Crippen molar-refractivity contribution in [2.45, 2.75) is 12.5 Å². The summed E-state index contributed by atoms with van der Waals surface area (Å²) in [6.07, 6.45) is 0. The van der Waals surface area contributed by atoms with Crippen molar-refractivity contribution < 1.29 is 23.9 Å². The zero-order chi connectivity index (χ0) is 22.0. The molecule has 2 aromatic carbocycles. The van der Waals surface area contributed by atoms with E-state index in [4.69, 9.17) is 19.4 Å². The number of rotatable bonds is 7. The lowest BCUT2D eigenvalue weighted by molar-refractivity contribution is 0.105. The molecular weight excluding hydrogens is 400 g/mol. The predicted molar refractivity (Wildman–Crippen MR) is 111 cm³/mol. The highest BCUT2D eigenvalue weighted by Crippen LogP contribution is 2.31. The fourth-order valence-electron chi connectivity index (χ4n) is 3.12. The molecule has 158 valence electrons. The largest absolute Gasteiger partial charge is 0.492 e. The van der Waals surface area contributed by atoms with Crippen LogP contribution < -0.4 is 10.5 Å². The minimum absolute atomic E-state index is 0.268. The Labute approximate surface area is 177 Å². The van der Waals surface area contributed by atoms with Gasteiger partial charge in [0.1, 0.15) is 28.7 Å². The zero-order valence-corrected chi connectivity index (χ0v) is 16.7. The van der Waals surface area contributed by atoms with Crippen LogP contribution in [0.15, 0.2) is 51.4 Å². The Balaban J connectivity index is 1.67. The van der Waals surface area contributed by atoms with Crippen molar-refractivity contribution >= 4 is 11.0 Å². The number of aromatic nitrogens is 2. The summed E-state index contributed by atoms with van der Waals surface area (Å²) in [5, 5.41) is 33.1. The Morgan fingerprint density at radius 2 is 1.90 bits per heavy atom. The third kappa shape index (κ3) is 3.75. The third-order valence-corrected chi connectivity index (χ3v) is 4.90. The van der Waals surface area contributed by atoms with Crippen LogP contribution in [0.25, 0.3) is 33.8 Å². The number of aliphatic hydroxyl groups is 2. The van der Waals surface area contributed by atoms with Gasteiger partial charge in [0.25, 0.3) is 5.89 Å². The van der Waals surface area contributed by atoms with E-state index in [1.54, 1.807) is 42.5 Å². The van der Waals surface area contributed by atoms with Crippen LogP contribution >= 0.6 is 0 Å². The van der Waals surface area contributed by atoms with E-state index in [2.05, 4.69) is 16.2 Å². The van der Waals surface area contributed by atoms with Gasteiger partial charge in [-0.25, -0.2) is 0 Å². The van der Waals surface area contributed by atoms with Crippen LogP contribution in [-0.4, -0.2) is 40.2 Å². The van der Waals surface area contributed by atoms with Crippen LogP contribution in [0.2, 0.25) is 0 Å². The van der Waals surface area contributed by atoms with E-state index in [0.717, 1.165) is 0 Å². The van der Waals surface area contributed by atoms with Gasteiger partial charge in [-0.3, -0.25) is 0 Å². The highest BCUT2D eigenvalue weighted by atomic mass is 16.5. The van der Waals surface area contributed by atoms with Crippen molar-refractivity contribution in [3.8, 4) is 34.7 Å². The summed E-state index contributed by atoms with van der Waals surface area (Å²) >= 11 is 0. The SMILES string of the molecule is CCOc1ccc(-c2nc(-c3ccc4oc(C(N)(CO)CO)cc4c3)no2)cc1C#N. The molecule has 0 atom stereocenters. The van der Waals surface area contributed by atoms with E-state index in [0.29, 0.717) is 45.8 Å². The molecule has 0 radical (unpaired) electrons. The number of fused-ring (bicyclic) bond motifs is 1. The summed E-state index contributed by atoms with van der Waals surface area (Å²) in [6.45, 7) is 1.38. The first-order valence-electron chi connectivity index (χ1n) is 9.57. The van der Waals surface area contributed by atoms with Crippen molar-refractivity contribution in [3.63, 3.8) is 0 Å². The predicted octanol–water partition coefficient (Wildman–Crippen LogP) is 2.56. The monoisotopic (exact) mass is 420 g/mol. The molecule has 0 fully saturated rings. The van der Waals surface area contributed by atoms with Crippen LogP contribution in [0.5, 0.6) is 5.75 Å². The summed E-state index contributed by atoms with van der Waals surface area (Å²) in [4.78, 5) is 4.43. The molecule has 2 heterocycles. The quantitative estimate of drug-likeness (QED) is 0.409. The number of nitrogens with zero attached hydrogens (tertiary/aromatic N) is 3. The van der Waals surface area contributed by atoms with Crippen molar-refractivity contribution in [3.05, 3.63) is 53.8 Å². The minimum atomic E-state index is -1.37. The van der Waals surface area contributed by atoms with Gasteiger partial charge in [0, 0.05) is 16.5 Å². The summed E-state index contributed by atoms with van der Waals surface area (Å²) in [5.41, 5.74) is 6.82. The molecule has 0 bridgehead atoms. The van der Waals surface area contributed by atoms with Gasteiger partial charge >= 0.3 is 0 Å². The van der Waals surface area contributed by atoms with Gasteiger partial charge in [0.2, 0.25) is 5.82 Å². The smallest absolute Gasteiger partial charge is 0.258 e. The maximum absolute atomic E-state index is 9.49. The van der Waals surface area contributed by atoms with Crippen molar-refractivity contribution in [1.82, 2.24) is 10.1 Å². The molecule has 4 aromatic rings. The summed E-state index contributed by atoms with van der Waals surface area (Å²) < 4.78 is 16.5. The van der Waals surface area contributed by atoms with Gasteiger partial charge in [0.15, 0.2) is 0 Å². The van der Waals surface area contributed by atoms with Crippen LogP contribution in [0.4, 0.5) is 0 Å². The minimum Gasteiger partial charge on any atom is -0.492 e. The average molecular weight is 420 g/mol. The van der Waals surface area contributed by atoms with E-state index < -0.39 is 18.8 Å². The van der Waals surface area contributed by atoms with Crippen LogP contribution in [0, 0.1) is 11.3 Å². The number of hydrogen-bond donors (Lipinski definition) is 3. The first-order chi connectivity index (χ1) is 15.0. The molecule has 0 aliphatic rings. The Morgan fingerprint density at radius 1 is 1.13 bits per heavy atom. The maximum Gasteiger partial charge on any atom is 0.258 e. The molecule has 0 amide bonds. The Kier molecular flexibility index (Phi) is 5.44.